The first-order valence-corrected chi connectivity index (χ1v) is 6.81. The fraction of sp³-hybridized carbons (Fsp3) is 0.846. The summed E-state index contributed by atoms with van der Waals surface area (Å²) >= 11 is 0. The van der Waals surface area contributed by atoms with Crippen LogP contribution in [0.25, 0.3) is 0 Å². The highest BCUT2D eigenvalue weighted by Crippen LogP contribution is 2.19. The second-order valence-corrected chi connectivity index (χ2v) is 5.12. The van der Waals surface area contributed by atoms with Crippen molar-refractivity contribution in [2.75, 3.05) is 6.54 Å². The highest BCUT2D eigenvalue weighted by atomic mass is 16.2. The van der Waals surface area contributed by atoms with E-state index in [0.29, 0.717) is 19.0 Å². The molecule has 2 atom stereocenters. The Labute approximate surface area is 109 Å². The Balaban J connectivity index is 2.33. The van der Waals surface area contributed by atoms with Gasteiger partial charge in [0.1, 0.15) is 0 Å². The van der Waals surface area contributed by atoms with Crippen LogP contribution in [0.3, 0.4) is 0 Å². The molecule has 0 aromatic rings. The van der Waals surface area contributed by atoms with Crippen LogP contribution in [0.2, 0.25) is 0 Å². The highest BCUT2D eigenvalue weighted by Gasteiger charge is 2.27. The van der Waals surface area contributed by atoms with Gasteiger partial charge in [0.25, 0.3) is 0 Å². The molecule has 0 radical (unpaired) electrons. The molecule has 0 unspecified atom stereocenters. The summed E-state index contributed by atoms with van der Waals surface area (Å²) in [5, 5.41) is 6.04. The van der Waals surface area contributed by atoms with Crippen LogP contribution in [-0.4, -0.2) is 36.4 Å². The van der Waals surface area contributed by atoms with Gasteiger partial charge in [-0.15, -0.1) is 0 Å². The van der Waals surface area contributed by atoms with Crippen LogP contribution in [0.15, 0.2) is 0 Å². The molecule has 0 aliphatic heterocycles. The summed E-state index contributed by atoms with van der Waals surface area (Å²) in [5.74, 6) is -0.0751. The minimum absolute atomic E-state index is 0.0130. The van der Waals surface area contributed by atoms with Crippen molar-refractivity contribution in [3.8, 4) is 0 Å². The van der Waals surface area contributed by atoms with Crippen molar-refractivity contribution in [3.05, 3.63) is 0 Å². The summed E-state index contributed by atoms with van der Waals surface area (Å²) in [5.41, 5.74) is 5.42. The first kappa shape index (κ1) is 15.1. The van der Waals surface area contributed by atoms with Crippen LogP contribution in [0, 0.1) is 0 Å². The van der Waals surface area contributed by atoms with Gasteiger partial charge in [0.05, 0.1) is 12.1 Å². The third-order valence-corrected chi connectivity index (χ3v) is 3.21. The van der Waals surface area contributed by atoms with Crippen molar-refractivity contribution in [3.63, 3.8) is 0 Å². The third kappa shape index (κ3) is 5.60. The van der Waals surface area contributed by atoms with E-state index in [1.807, 2.05) is 6.92 Å². The number of hydrogen-bond donors (Lipinski definition) is 3. The minimum Gasteiger partial charge on any atom is -0.345 e. The van der Waals surface area contributed by atoms with Crippen LogP contribution >= 0.6 is 0 Å². The number of carbonyl (C=O) groups is 2. The number of Topliss-reactive ketones (excluding diaryl/α,β-unsaturated/α-hetero) is 1. The Kier molecular flexibility index (Phi) is 6.29. The number of nitrogens with two attached hydrogens (primary N) is 1. The Morgan fingerprint density at radius 3 is 2.50 bits per heavy atom. The summed E-state index contributed by atoms with van der Waals surface area (Å²) < 4.78 is 0. The van der Waals surface area contributed by atoms with Crippen LogP contribution in [-0.2, 0) is 9.59 Å². The maximum atomic E-state index is 11.9. The number of rotatable bonds is 9. The summed E-state index contributed by atoms with van der Waals surface area (Å²) in [7, 11) is 0. The molecule has 1 fully saturated rings. The van der Waals surface area contributed by atoms with E-state index in [-0.39, 0.29) is 23.8 Å². The van der Waals surface area contributed by atoms with Gasteiger partial charge in [-0.25, -0.2) is 0 Å². The minimum atomic E-state index is -0.368. The van der Waals surface area contributed by atoms with Crippen molar-refractivity contribution >= 4 is 11.7 Å². The molecule has 0 aromatic carbocycles. The Hall–Kier alpha value is -0.940. The molecular weight excluding hydrogens is 230 g/mol. The fourth-order valence-corrected chi connectivity index (χ4v) is 1.85. The van der Waals surface area contributed by atoms with Crippen molar-refractivity contribution in [1.29, 1.82) is 0 Å². The summed E-state index contributed by atoms with van der Waals surface area (Å²) in [6.45, 7) is 3.98. The SMILES string of the molecule is CC(=O)[C@H](CCCCN)NC(=O)[C@@H](C)NC1CC1. The quantitative estimate of drug-likeness (QED) is 0.518. The molecule has 0 aromatic heterocycles. The Morgan fingerprint density at radius 2 is 2.00 bits per heavy atom. The second kappa shape index (κ2) is 7.48. The van der Waals surface area contributed by atoms with Gasteiger partial charge in [0, 0.05) is 6.04 Å². The maximum absolute atomic E-state index is 11.9. The number of ketones is 1. The number of nitrogens with one attached hydrogen (secondary N) is 2. The summed E-state index contributed by atoms with van der Waals surface area (Å²) in [4.78, 5) is 23.4. The summed E-state index contributed by atoms with van der Waals surface area (Å²) in [6.07, 6.45) is 4.71. The van der Waals surface area contributed by atoms with Crippen molar-refractivity contribution in [2.45, 2.75) is 64.1 Å². The van der Waals surface area contributed by atoms with Crippen molar-refractivity contribution in [2.24, 2.45) is 5.73 Å². The molecule has 0 bridgehead atoms. The average molecular weight is 255 g/mol. The van der Waals surface area contributed by atoms with E-state index in [4.69, 9.17) is 5.73 Å². The fourth-order valence-electron chi connectivity index (χ4n) is 1.85. The zero-order chi connectivity index (χ0) is 13.5. The van der Waals surface area contributed by atoms with E-state index in [1.165, 1.54) is 6.92 Å². The highest BCUT2D eigenvalue weighted by molar-refractivity contribution is 5.89. The monoisotopic (exact) mass is 255 g/mol. The number of amides is 1. The third-order valence-electron chi connectivity index (χ3n) is 3.21. The van der Waals surface area contributed by atoms with Crippen molar-refractivity contribution in [1.82, 2.24) is 10.6 Å². The molecule has 0 spiro atoms. The lowest BCUT2D eigenvalue weighted by Gasteiger charge is -2.19. The molecule has 5 heteroatoms. The van der Waals surface area contributed by atoms with Crippen LogP contribution in [0.5, 0.6) is 0 Å². The van der Waals surface area contributed by atoms with E-state index in [1.54, 1.807) is 0 Å². The predicted molar refractivity (Wildman–Crippen MR) is 71.1 cm³/mol. The molecule has 4 N–H and O–H groups in total. The lowest BCUT2D eigenvalue weighted by molar-refractivity contribution is -0.128. The molecule has 1 rings (SSSR count). The largest absolute Gasteiger partial charge is 0.345 e. The Bertz CT molecular complexity index is 290. The molecule has 1 amide bonds. The smallest absolute Gasteiger partial charge is 0.237 e. The van der Waals surface area contributed by atoms with Gasteiger partial charge >= 0.3 is 0 Å². The van der Waals surface area contributed by atoms with E-state index < -0.39 is 0 Å². The van der Waals surface area contributed by atoms with Gasteiger partial charge in [-0.3, -0.25) is 9.59 Å². The van der Waals surface area contributed by atoms with E-state index >= 15 is 0 Å². The molecule has 1 saturated carbocycles. The topological polar surface area (TPSA) is 84.2 Å². The summed E-state index contributed by atoms with van der Waals surface area (Å²) in [6, 6.07) is -0.111. The standard InChI is InChI=1S/C13H25N3O2/c1-9(15-11-6-7-11)13(18)16-12(10(2)17)5-3-4-8-14/h9,11-12,15H,3-8,14H2,1-2H3,(H,16,18)/t9-,12+/m1/s1. The van der Waals surface area contributed by atoms with E-state index in [0.717, 1.165) is 25.7 Å². The van der Waals surface area contributed by atoms with E-state index in [9.17, 15) is 9.59 Å². The van der Waals surface area contributed by atoms with Gasteiger partial charge in [0.15, 0.2) is 5.78 Å². The Morgan fingerprint density at radius 1 is 1.33 bits per heavy atom. The lowest BCUT2D eigenvalue weighted by Crippen LogP contribution is -2.49. The number of carbonyl (C=O) groups excluding carboxylic acids is 2. The van der Waals surface area contributed by atoms with Crippen molar-refractivity contribution < 1.29 is 9.59 Å². The van der Waals surface area contributed by atoms with Gasteiger partial charge in [-0.05, 0) is 52.5 Å². The first-order chi connectivity index (χ1) is 8.54. The van der Waals surface area contributed by atoms with Gasteiger partial charge in [-0.2, -0.15) is 0 Å². The molecule has 104 valence electrons. The van der Waals surface area contributed by atoms with Gasteiger partial charge in [-0.1, -0.05) is 0 Å². The maximum Gasteiger partial charge on any atom is 0.237 e. The average Bonchev–Trinajstić information content (AvgIpc) is 3.11. The number of unbranched alkanes of at least 4 members (excludes halogenated alkanes) is 1. The van der Waals surface area contributed by atoms with Crippen LogP contribution < -0.4 is 16.4 Å². The van der Waals surface area contributed by atoms with Crippen LogP contribution in [0.4, 0.5) is 0 Å². The van der Waals surface area contributed by atoms with Gasteiger partial charge in [0.2, 0.25) is 5.91 Å². The molecule has 18 heavy (non-hydrogen) atoms. The normalized spacial score (nSPS) is 18.2. The second-order valence-electron chi connectivity index (χ2n) is 5.12. The zero-order valence-electron chi connectivity index (χ0n) is 11.4. The van der Waals surface area contributed by atoms with Crippen LogP contribution in [0.1, 0.15) is 46.0 Å². The molecule has 0 heterocycles. The molecule has 1 aliphatic carbocycles. The molecule has 5 nitrogen and oxygen atoms in total. The van der Waals surface area contributed by atoms with E-state index in [2.05, 4.69) is 10.6 Å². The van der Waals surface area contributed by atoms with Gasteiger partial charge < -0.3 is 16.4 Å². The predicted octanol–water partition coefficient (Wildman–Crippen LogP) is 0.330. The lowest BCUT2D eigenvalue weighted by atomic mass is 10.1. The molecular formula is C13H25N3O2. The zero-order valence-corrected chi connectivity index (χ0v) is 11.4. The molecule has 1 aliphatic rings. The number of hydrogen-bond acceptors (Lipinski definition) is 4. The first-order valence-electron chi connectivity index (χ1n) is 6.81. The molecule has 0 saturated heterocycles.